The van der Waals surface area contributed by atoms with Crippen molar-refractivity contribution < 1.29 is 8.42 Å². The van der Waals surface area contributed by atoms with Crippen LogP contribution in [-0.4, -0.2) is 64.1 Å². The number of hydrogen-bond acceptors (Lipinski definition) is 5. The van der Waals surface area contributed by atoms with Gasteiger partial charge in [-0.15, -0.1) is 13.2 Å². The summed E-state index contributed by atoms with van der Waals surface area (Å²) < 4.78 is 27.3. The Morgan fingerprint density at radius 1 is 1.21 bits per heavy atom. The lowest BCUT2D eigenvalue weighted by Gasteiger charge is -2.20. The minimum absolute atomic E-state index is 0.275. The fraction of sp³-hybridized carbons (Fsp3) is 0.500. The molecule has 0 bridgehead atoms. The molecule has 0 spiro atoms. The molecule has 1 atom stereocenters. The maximum absolute atomic E-state index is 12.9. The van der Waals surface area contributed by atoms with Crippen LogP contribution < -0.4 is 5.43 Å². The van der Waals surface area contributed by atoms with Gasteiger partial charge in [-0.1, -0.05) is 57.7 Å². The van der Waals surface area contributed by atoms with Gasteiger partial charge in [0.15, 0.2) is 0 Å². The van der Waals surface area contributed by atoms with E-state index in [9.17, 15) is 8.42 Å². The van der Waals surface area contributed by atoms with Gasteiger partial charge in [0.2, 0.25) is 10.0 Å². The highest BCUT2D eigenvalue weighted by Gasteiger charge is 2.32. The highest BCUT2D eigenvalue weighted by molar-refractivity contribution is 7.93. The number of nitrogens with one attached hydrogen (secondary N) is 1. The Kier molecular flexibility index (Phi) is 19.2. The zero-order chi connectivity index (χ0) is 25.9. The maximum atomic E-state index is 12.9. The molecule has 1 unspecified atom stereocenters. The van der Waals surface area contributed by atoms with Crippen molar-refractivity contribution in [1.82, 2.24) is 14.6 Å². The van der Waals surface area contributed by atoms with Gasteiger partial charge in [-0.3, -0.25) is 0 Å². The van der Waals surface area contributed by atoms with Crippen LogP contribution in [0.25, 0.3) is 0 Å². The quantitative estimate of drug-likeness (QED) is 0.136. The molecule has 1 fully saturated rings. The van der Waals surface area contributed by atoms with E-state index in [0.29, 0.717) is 24.5 Å². The van der Waals surface area contributed by atoms with E-state index in [2.05, 4.69) is 61.0 Å². The number of likely N-dealkylation sites (N-methyl/N-ethyl adjacent to an activating group) is 1. The van der Waals surface area contributed by atoms with Gasteiger partial charge in [-0.25, -0.2) is 8.42 Å². The van der Waals surface area contributed by atoms with Crippen molar-refractivity contribution in [2.75, 3.05) is 33.7 Å². The van der Waals surface area contributed by atoms with Crippen molar-refractivity contribution in [3.8, 4) is 0 Å². The minimum atomic E-state index is -3.43. The SMILES string of the molecule is C=C.C=CC(=C\C=C(/C)S(=O)(=O)N1CCC(N(C)C)C1)/C(=C/C/C=C\CNN=C)CC.CC. The first-order chi connectivity index (χ1) is 15.8. The van der Waals surface area contributed by atoms with E-state index < -0.39 is 10.0 Å². The monoisotopic (exact) mass is 478 g/mol. The third-order valence-corrected chi connectivity index (χ3v) is 7.02. The summed E-state index contributed by atoms with van der Waals surface area (Å²) >= 11 is 0. The van der Waals surface area contributed by atoms with Gasteiger partial charge in [0.1, 0.15) is 0 Å². The fourth-order valence-corrected chi connectivity index (χ4v) is 4.49. The number of hydrazone groups is 1. The summed E-state index contributed by atoms with van der Waals surface area (Å²) in [5.74, 6) is 0. The fourth-order valence-electron chi connectivity index (χ4n) is 3.13. The molecule has 1 rings (SSSR count). The predicted octanol–water partition coefficient (Wildman–Crippen LogP) is 5.28. The Morgan fingerprint density at radius 3 is 2.33 bits per heavy atom. The van der Waals surface area contributed by atoms with E-state index in [0.717, 1.165) is 30.4 Å². The number of sulfonamides is 1. The van der Waals surface area contributed by atoms with Crippen molar-refractivity contribution in [3.63, 3.8) is 0 Å². The molecule has 6 nitrogen and oxygen atoms in total. The smallest absolute Gasteiger partial charge is 0.238 e. The van der Waals surface area contributed by atoms with Gasteiger partial charge < -0.3 is 10.3 Å². The normalized spacial score (nSPS) is 17.8. The molecule has 0 aromatic rings. The molecular weight excluding hydrogens is 432 g/mol. The molecule has 1 N–H and O–H groups in total. The first-order valence-corrected chi connectivity index (χ1v) is 12.9. The second-order valence-corrected chi connectivity index (χ2v) is 9.29. The summed E-state index contributed by atoms with van der Waals surface area (Å²) in [6.45, 7) is 22.8. The third-order valence-electron chi connectivity index (χ3n) is 5.06. The summed E-state index contributed by atoms with van der Waals surface area (Å²) in [4.78, 5) is 2.44. The summed E-state index contributed by atoms with van der Waals surface area (Å²) in [5.41, 5.74) is 4.84. The maximum Gasteiger partial charge on any atom is 0.238 e. The van der Waals surface area contributed by atoms with Crippen LogP contribution in [0.3, 0.4) is 0 Å². The van der Waals surface area contributed by atoms with Crippen LogP contribution in [0.5, 0.6) is 0 Å². The molecule has 188 valence electrons. The zero-order valence-corrected chi connectivity index (χ0v) is 22.5. The molecular formula is C26H46N4O2S. The second kappa shape index (κ2) is 19.3. The lowest BCUT2D eigenvalue weighted by atomic mass is 10.0. The molecule has 33 heavy (non-hydrogen) atoms. The molecule has 0 amide bonds. The topological polar surface area (TPSA) is 65.0 Å². The number of hydrogen-bond donors (Lipinski definition) is 1. The van der Waals surface area contributed by atoms with Gasteiger partial charge in [0.05, 0.1) is 11.4 Å². The summed E-state index contributed by atoms with van der Waals surface area (Å²) in [7, 11) is 0.545. The Bertz CT molecular complexity index is 793. The van der Waals surface area contributed by atoms with E-state index in [-0.39, 0.29) is 6.04 Å². The van der Waals surface area contributed by atoms with Crippen molar-refractivity contribution in [3.05, 3.63) is 72.2 Å². The predicted molar refractivity (Wildman–Crippen MR) is 147 cm³/mol. The zero-order valence-electron chi connectivity index (χ0n) is 21.7. The van der Waals surface area contributed by atoms with Crippen LogP contribution in [0.4, 0.5) is 0 Å². The highest BCUT2D eigenvalue weighted by atomic mass is 32.2. The van der Waals surface area contributed by atoms with Crippen molar-refractivity contribution >= 4 is 16.7 Å². The largest absolute Gasteiger partial charge is 0.307 e. The van der Waals surface area contributed by atoms with E-state index in [4.69, 9.17) is 0 Å². The molecule has 0 saturated carbocycles. The Labute approximate surface area is 203 Å². The number of rotatable bonds is 12. The molecule has 1 saturated heterocycles. The Morgan fingerprint density at radius 2 is 1.85 bits per heavy atom. The van der Waals surface area contributed by atoms with E-state index in [1.54, 1.807) is 23.4 Å². The standard InChI is InChI=1S/C22H36N4O2S.C2H6.C2H4/c1-7-20(12-10-9-11-16-24-23-4)21(8-2)14-13-19(3)29(27,28)26-17-15-22(18-26)25(5)6;2*1-2/h8-9,11-14,22,24H,2,4,7,10,15-18H2,1,3,5-6H3;1-2H3;1-2H2/b11-9-,19-13+,20-12+,21-14+;;. The van der Waals surface area contributed by atoms with Gasteiger partial charge in [-0.05, 0) is 57.5 Å². The number of nitrogens with zero attached hydrogens (tertiary/aromatic N) is 3. The third kappa shape index (κ3) is 12.0. The molecule has 7 heteroatoms. The minimum Gasteiger partial charge on any atom is -0.307 e. The second-order valence-electron chi connectivity index (χ2n) is 7.18. The lowest BCUT2D eigenvalue weighted by molar-refractivity contribution is 0.302. The summed E-state index contributed by atoms with van der Waals surface area (Å²) in [6, 6.07) is 0.275. The van der Waals surface area contributed by atoms with Crippen LogP contribution in [-0.2, 0) is 10.0 Å². The van der Waals surface area contributed by atoms with Crippen LogP contribution in [0.15, 0.2) is 77.3 Å². The van der Waals surface area contributed by atoms with Crippen LogP contribution >= 0.6 is 0 Å². The van der Waals surface area contributed by atoms with Gasteiger partial charge in [-0.2, -0.15) is 9.41 Å². The highest BCUT2D eigenvalue weighted by Crippen LogP contribution is 2.23. The molecule has 0 aromatic heterocycles. The number of allylic oxidation sites excluding steroid dienone is 8. The Hall–Kier alpha value is -2.22. The first-order valence-electron chi connectivity index (χ1n) is 11.5. The average Bonchev–Trinajstić information content (AvgIpc) is 3.34. The molecule has 1 aliphatic rings. The van der Waals surface area contributed by atoms with Crippen LogP contribution in [0.1, 0.15) is 47.0 Å². The van der Waals surface area contributed by atoms with Crippen LogP contribution in [0.2, 0.25) is 0 Å². The summed E-state index contributed by atoms with van der Waals surface area (Å²) in [6.07, 6.45) is 14.0. The van der Waals surface area contributed by atoms with E-state index in [1.165, 1.54) is 0 Å². The van der Waals surface area contributed by atoms with Gasteiger partial charge in [0.25, 0.3) is 0 Å². The van der Waals surface area contributed by atoms with Crippen molar-refractivity contribution in [1.29, 1.82) is 0 Å². The molecule has 1 heterocycles. The summed E-state index contributed by atoms with van der Waals surface area (Å²) in [5, 5.41) is 3.58. The molecule has 0 aliphatic carbocycles. The van der Waals surface area contributed by atoms with Crippen molar-refractivity contribution in [2.24, 2.45) is 5.10 Å². The average molecular weight is 479 g/mol. The lowest BCUT2D eigenvalue weighted by Crippen LogP contribution is -2.34. The van der Waals surface area contributed by atoms with Gasteiger partial charge in [0, 0.05) is 25.8 Å². The van der Waals surface area contributed by atoms with Gasteiger partial charge >= 0.3 is 0 Å². The molecule has 0 aromatic carbocycles. The molecule has 0 radical (unpaired) electrons. The first kappa shape index (κ1) is 33.0. The van der Waals surface area contributed by atoms with E-state index >= 15 is 0 Å². The Balaban J connectivity index is 0. The van der Waals surface area contributed by atoms with Crippen LogP contribution in [0, 0.1) is 0 Å². The van der Waals surface area contributed by atoms with Crippen molar-refractivity contribution in [2.45, 2.75) is 53.0 Å². The molecule has 1 aliphatic heterocycles. The van der Waals surface area contributed by atoms with E-state index in [1.807, 2.05) is 40.1 Å².